The molecule has 5 nitrogen and oxygen atoms in total. The minimum absolute atomic E-state index is 0.812. The molecule has 0 aliphatic carbocycles. The second kappa shape index (κ2) is 7.16. The minimum Gasteiger partial charge on any atom is -0.369 e. The number of aryl methyl sites for hydroxylation is 1. The first-order valence-corrected chi connectivity index (χ1v) is 6.56. The van der Waals surface area contributed by atoms with Gasteiger partial charge in [-0.1, -0.05) is 0 Å². The number of anilines is 2. The summed E-state index contributed by atoms with van der Waals surface area (Å²) in [6.07, 6.45) is 0. The second-order valence-corrected chi connectivity index (χ2v) is 4.60. The van der Waals surface area contributed by atoms with E-state index in [1.165, 1.54) is 0 Å². The Bertz CT molecular complexity index is 360. The fourth-order valence-electron chi connectivity index (χ4n) is 1.70. The van der Waals surface area contributed by atoms with Gasteiger partial charge < -0.3 is 15.1 Å². The van der Waals surface area contributed by atoms with Gasteiger partial charge in [-0.3, -0.25) is 0 Å². The highest BCUT2D eigenvalue weighted by Crippen LogP contribution is 2.13. The zero-order valence-electron chi connectivity index (χ0n) is 12.2. The van der Waals surface area contributed by atoms with Crippen LogP contribution in [0.1, 0.15) is 19.5 Å². The van der Waals surface area contributed by atoms with Crippen LogP contribution in [-0.4, -0.2) is 55.1 Å². The number of nitrogens with one attached hydrogen (secondary N) is 1. The molecule has 18 heavy (non-hydrogen) atoms. The van der Waals surface area contributed by atoms with Crippen LogP contribution >= 0.6 is 0 Å². The molecule has 1 aromatic rings. The first-order valence-electron chi connectivity index (χ1n) is 6.56. The summed E-state index contributed by atoms with van der Waals surface area (Å²) in [5.41, 5.74) is 0.999. The van der Waals surface area contributed by atoms with E-state index in [4.69, 9.17) is 0 Å². The summed E-state index contributed by atoms with van der Waals surface area (Å²) in [7, 11) is 4.13. The summed E-state index contributed by atoms with van der Waals surface area (Å²) in [6.45, 7) is 9.98. The lowest BCUT2D eigenvalue weighted by Gasteiger charge is -2.20. The van der Waals surface area contributed by atoms with Gasteiger partial charge in [-0.05, 0) is 34.9 Å². The topological polar surface area (TPSA) is 44.3 Å². The SMILES string of the molecule is CCN(CC)c1nc(C)cc(NCCN(C)C)n1. The van der Waals surface area contributed by atoms with Crippen molar-refractivity contribution in [2.45, 2.75) is 20.8 Å². The number of rotatable bonds is 7. The Morgan fingerprint density at radius 2 is 1.83 bits per heavy atom. The van der Waals surface area contributed by atoms with Crippen LogP contribution in [0.4, 0.5) is 11.8 Å². The van der Waals surface area contributed by atoms with Crippen LogP contribution in [0.15, 0.2) is 6.07 Å². The number of hydrogen-bond acceptors (Lipinski definition) is 5. The van der Waals surface area contributed by atoms with Gasteiger partial charge in [0.05, 0.1) is 0 Å². The van der Waals surface area contributed by atoms with E-state index in [-0.39, 0.29) is 0 Å². The third-order valence-corrected chi connectivity index (χ3v) is 2.75. The highest BCUT2D eigenvalue weighted by atomic mass is 15.3. The van der Waals surface area contributed by atoms with E-state index < -0.39 is 0 Å². The lowest BCUT2D eigenvalue weighted by atomic mass is 10.4. The summed E-state index contributed by atoms with van der Waals surface area (Å²) < 4.78 is 0. The molecule has 0 fully saturated rings. The molecular weight excluding hydrogens is 226 g/mol. The van der Waals surface area contributed by atoms with Crippen molar-refractivity contribution in [2.75, 3.05) is 50.5 Å². The van der Waals surface area contributed by atoms with E-state index in [2.05, 4.69) is 53.0 Å². The van der Waals surface area contributed by atoms with Gasteiger partial charge in [-0.25, -0.2) is 4.98 Å². The maximum atomic E-state index is 4.56. The standard InChI is InChI=1S/C13H25N5/c1-6-18(7-2)13-15-11(3)10-12(16-13)14-8-9-17(4)5/h10H,6-9H2,1-5H3,(H,14,15,16). The fraction of sp³-hybridized carbons (Fsp3) is 0.692. The van der Waals surface area contributed by atoms with Gasteiger partial charge in [0.2, 0.25) is 5.95 Å². The summed E-state index contributed by atoms with van der Waals surface area (Å²) >= 11 is 0. The summed E-state index contributed by atoms with van der Waals surface area (Å²) in [5, 5.41) is 3.34. The number of nitrogens with zero attached hydrogens (tertiary/aromatic N) is 4. The highest BCUT2D eigenvalue weighted by molar-refractivity contribution is 5.43. The van der Waals surface area contributed by atoms with Crippen LogP contribution in [0, 0.1) is 6.92 Å². The molecule has 1 heterocycles. The molecule has 0 aliphatic rings. The predicted octanol–water partition coefficient (Wildman–Crippen LogP) is 1.60. The maximum absolute atomic E-state index is 4.56. The minimum atomic E-state index is 0.812. The van der Waals surface area contributed by atoms with E-state index in [1.54, 1.807) is 0 Å². The van der Waals surface area contributed by atoms with Gasteiger partial charge in [0, 0.05) is 37.9 Å². The number of likely N-dealkylation sites (N-methyl/N-ethyl adjacent to an activating group) is 1. The molecule has 0 spiro atoms. The molecule has 0 aliphatic heterocycles. The monoisotopic (exact) mass is 251 g/mol. The van der Waals surface area contributed by atoms with Gasteiger partial charge in [0.15, 0.2) is 0 Å². The Balaban J connectivity index is 2.74. The summed E-state index contributed by atoms with van der Waals surface area (Å²) in [6, 6.07) is 1.99. The molecule has 1 rings (SSSR count). The van der Waals surface area contributed by atoms with Crippen molar-refractivity contribution in [3.8, 4) is 0 Å². The molecule has 0 saturated heterocycles. The van der Waals surface area contributed by atoms with E-state index in [1.807, 2.05) is 13.0 Å². The van der Waals surface area contributed by atoms with Gasteiger partial charge in [-0.15, -0.1) is 0 Å². The van der Waals surface area contributed by atoms with Gasteiger partial charge >= 0.3 is 0 Å². The molecule has 5 heteroatoms. The average molecular weight is 251 g/mol. The van der Waals surface area contributed by atoms with Crippen molar-refractivity contribution >= 4 is 11.8 Å². The molecule has 1 N–H and O–H groups in total. The molecule has 0 saturated carbocycles. The molecule has 102 valence electrons. The van der Waals surface area contributed by atoms with E-state index in [0.717, 1.165) is 43.6 Å². The second-order valence-electron chi connectivity index (χ2n) is 4.60. The smallest absolute Gasteiger partial charge is 0.227 e. The Hall–Kier alpha value is -1.36. The zero-order valence-corrected chi connectivity index (χ0v) is 12.2. The van der Waals surface area contributed by atoms with E-state index in [9.17, 15) is 0 Å². The van der Waals surface area contributed by atoms with Crippen molar-refractivity contribution in [1.82, 2.24) is 14.9 Å². The van der Waals surface area contributed by atoms with Crippen LogP contribution in [-0.2, 0) is 0 Å². The normalized spacial score (nSPS) is 10.8. The largest absolute Gasteiger partial charge is 0.369 e. The molecule has 0 unspecified atom stereocenters. The molecule has 0 amide bonds. The number of hydrogen-bond donors (Lipinski definition) is 1. The van der Waals surface area contributed by atoms with Crippen molar-refractivity contribution < 1.29 is 0 Å². The molecule has 0 bridgehead atoms. The van der Waals surface area contributed by atoms with Crippen molar-refractivity contribution in [3.63, 3.8) is 0 Å². The summed E-state index contributed by atoms with van der Waals surface area (Å²) in [5.74, 6) is 1.72. The average Bonchev–Trinajstić information content (AvgIpc) is 2.29. The molecule has 0 aromatic carbocycles. The molecule has 1 aromatic heterocycles. The van der Waals surface area contributed by atoms with Gasteiger partial charge in [-0.2, -0.15) is 4.98 Å². The first-order chi connectivity index (χ1) is 8.56. The number of aromatic nitrogens is 2. The van der Waals surface area contributed by atoms with Crippen molar-refractivity contribution in [3.05, 3.63) is 11.8 Å². The van der Waals surface area contributed by atoms with Gasteiger partial charge in [0.25, 0.3) is 0 Å². The summed E-state index contributed by atoms with van der Waals surface area (Å²) in [4.78, 5) is 13.3. The van der Waals surface area contributed by atoms with Crippen LogP contribution in [0.3, 0.4) is 0 Å². The molecule has 0 atom stereocenters. The molecular formula is C13H25N5. The third-order valence-electron chi connectivity index (χ3n) is 2.75. The Morgan fingerprint density at radius 3 is 2.39 bits per heavy atom. The van der Waals surface area contributed by atoms with Crippen LogP contribution in [0.5, 0.6) is 0 Å². The van der Waals surface area contributed by atoms with Crippen molar-refractivity contribution in [2.24, 2.45) is 0 Å². The maximum Gasteiger partial charge on any atom is 0.227 e. The Kier molecular flexibility index (Phi) is 5.85. The quantitative estimate of drug-likeness (QED) is 0.797. The highest BCUT2D eigenvalue weighted by Gasteiger charge is 2.07. The van der Waals surface area contributed by atoms with Crippen LogP contribution in [0.2, 0.25) is 0 Å². The van der Waals surface area contributed by atoms with E-state index >= 15 is 0 Å². The van der Waals surface area contributed by atoms with Crippen LogP contribution in [0.25, 0.3) is 0 Å². The first kappa shape index (κ1) is 14.7. The van der Waals surface area contributed by atoms with Crippen molar-refractivity contribution in [1.29, 1.82) is 0 Å². The zero-order chi connectivity index (χ0) is 13.5. The lowest BCUT2D eigenvalue weighted by molar-refractivity contribution is 0.425. The molecule has 0 radical (unpaired) electrons. The van der Waals surface area contributed by atoms with Gasteiger partial charge in [0.1, 0.15) is 5.82 Å². The fourth-order valence-corrected chi connectivity index (χ4v) is 1.70. The van der Waals surface area contributed by atoms with E-state index in [0.29, 0.717) is 0 Å². The van der Waals surface area contributed by atoms with Crippen LogP contribution < -0.4 is 10.2 Å². The third kappa shape index (κ3) is 4.49. The lowest BCUT2D eigenvalue weighted by Crippen LogP contribution is -2.25. The Labute approximate surface area is 110 Å². The predicted molar refractivity (Wildman–Crippen MR) is 77.4 cm³/mol. The Morgan fingerprint density at radius 1 is 1.17 bits per heavy atom.